The molecule has 1 heteroatoms. The van der Waals surface area contributed by atoms with Gasteiger partial charge in [-0.05, 0) is 95.0 Å². The molecule has 1 aromatic heterocycles. The lowest BCUT2D eigenvalue weighted by atomic mass is 9.77. The highest BCUT2D eigenvalue weighted by atomic mass is 15.0. The second kappa shape index (κ2) is 7.60. The van der Waals surface area contributed by atoms with Crippen molar-refractivity contribution >= 4 is 21.8 Å². The fraction of sp³-hybridized carbons (Fsp3) is 0.333. The molecule has 0 spiro atoms. The van der Waals surface area contributed by atoms with Gasteiger partial charge in [0.15, 0.2) is 0 Å². The van der Waals surface area contributed by atoms with Gasteiger partial charge in [-0.25, -0.2) is 0 Å². The first kappa shape index (κ1) is 22.8. The Morgan fingerprint density at radius 3 is 1.43 bits per heavy atom. The summed E-state index contributed by atoms with van der Waals surface area (Å²) in [5.41, 5.74) is 14.5. The average molecular weight is 484 g/mol. The smallest absolute Gasteiger partial charge is 0.0500 e. The third-order valence-electron chi connectivity index (χ3n) is 10.3. The SMILES string of the molecule is CCC(C)n1c2cc3c(cc2c2cc4c(cc21)-c1ccccc1C4(C)CC)C(C)(CC)c1ccccc1-3. The second-order valence-corrected chi connectivity index (χ2v) is 11.9. The molecule has 0 N–H and O–H groups in total. The summed E-state index contributed by atoms with van der Waals surface area (Å²) >= 11 is 0. The van der Waals surface area contributed by atoms with Crippen LogP contribution in [0.25, 0.3) is 44.1 Å². The van der Waals surface area contributed by atoms with Crippen LogP contribution in [0.1, 0.15) is 89.1 Å². The van der Waals surface area contributed by atoms with Crippen LogP contribution in [-0.4, -0.2) is 4.57 Å². The zero-order valence-electron chi connectivity index (χ0n) is 23.1. The standard InChI is InChI=1S/C36H37N/c1-7-22(4)37-33-20-25-23-14-10-12-16-29(23)35(5,8-2)31(25)18-27(33)28-19-32-26(21-34(28)37)24-15-11-13-17-30(24)36(32,6)9-3/h10-22H,7-9H2,1-6H3. The van der Waals surface area contributed by atoms with Crippen molar-refractivity contribution < 1.29 is 0 Å². The number of hydrogen-bond acceptors (Lipinski definition) is 0. The van der Waals surface area contributed by atoms with E-state index in [0.717, 1.165) is 19.3 Å². The zero-order chi connectivity index (χ0) is 25.7. The van der Waals surface area contributed by atoms with Gasteiger partial charge in [0.05, 0.1) is 0 Å². The van der Waals surface area contributed by atoms with Crippen LogP contribution in [0.3, 0.4) is 0 Å². The molecule has 37 heavy (non-hydrogen) atoms. The van der Waals surface area contributed by atoms with Crippen molar-refractivity contribution in [3.05, 3.63) is 95.1 Å². The van der Waals surface area contributed by atoms with Gasteiger partial charge in [0.2, 0.25) is 0 Å². The summed E-state index contributed by atoms with van der Waals surface area (Å²) in [5, 5.41) is 2.83. The quantitative estimate of drug-likeness (QED) is 0.240. The summed E-state index contributed by atoms with van der Waals surface area (Å²) in [5.74, 6) is 0. The monoisotopic (exact) mass is 483 g/mol. The average Bonchev–Trinajstić information content (AvgIpc) is 3.49. The molecule has 1 nitrogen and oxygen atoms in total. The van der Waals surface area contributed by atoms with E-state index in [0.29, 0.717) is 6.04 Å². The number of fused-ring (bicyclic) bond motifs is 9. The molecule has 0 fully saturated rings. The predicted octanol–water partition coefficient (Wildman–Crippen LogP) is 10.2. The second-order valence-electron chi connectivity index (χ2n) is 11.9. The van der Waals surface area contributed by atoms with Gasteiger partial charge in [-0.1, -0.05) is 83.1 Å². The van der Waals surface area contributed by atoms with Gasteiger partial charge >= 0.3 is 0 Å². The van der Waals surface area contributed by atoms with E-state index in [-0.39, 0.29) is 10.8 Å². The maximum Gasteiger partial charge on any atom is 0.0500 e. The van der Waals surface area contributed by atoms with Crippen LogP contribution in [-0.2, 0) is 10.8 Å². The summed E-state index contributed by atoms with van der Waals surface area (Å²) in [4.78, 5) is 0. The molecule has 0 amide bonds. The molecular weight excluding hydrogens is 446 g/mol. The van der Waals surface area contributed by atoms with E-state index in [1.165, 1.54) is 66.3 Å². The van der Waals surface area contributed by atoms with Crippen LogP contribution in [0.5, 0.6) is 0 Å². The number of aromatic nitrogens is 1. The predicted molar refractivity (Wildman–Crippen MR) is 159 cm³/mol. The molecule has 5 aromatic rings. The third kappa shape index (κ3) is 2.70. The van der Waals surface area contributed by atoms with Gasteiger partial charge in [0.1, 0.15) is 0 Å². The zero-order valence-corrected chi connectivity index (χ0v) is 23.1. The summed E-state index contributed by atoms with van der Waals surface area (Å²) in [6.45, 7) is 14.3. The van der Waals surface area contributed by atoms with Crippen molar-refractivity contribution in [1.29, 1.82) is 0 Å². The molecule has 1 heterocycles. The van der Waals surface area contributed by atoms with Crippen LogP contribution in [0.15, 0.2) is 72.8 Å². The van der Waals surface area contributed by atoms with Gasteiger partial charge in [-0.15, -0.1) is 0 Å². The van der Waals surface area contributed by atoms with E-state index in [9.17, 15) is 0 Å². The lowest BCUT2D eigenvalue weighted by Gasteiger charge is -2.26. The van der Waals surface area contributed by atoms with E-state index in [1.807, 2.05) is 0 Å². The fourth-order valence-electron chi connectivity index (χ4n) is 7.60. The molecule has 0 bridgehead atoms. The van der Waals surface area contributed by atoms with E-state index < -0.39 is 0 Å². The van der Waals surface area contributed by atoms with Crippen LogP contribution in [0.4, 0.5) is 0 Å². The number of nitrogens with zero attached hydrogens (tertiary/aromatic N) is 1. The molecule has 0 aliphatic heterocycles. The van der Waals surface area contributed by atoms with Gasteiger partial charge in [-0.2, -0.15) is 0 Å². The Hall–Kier alpha value is -3.32. The molecule has 0 radical (unpaired) electrons. The summed E-state index contributed by atoms with van der Waals surface area (Å²) in [6, 6.07) is 28.8. The maximum absolute atomic E-state index is 2.64. The lowest BCUT2D eigenvalue weighted by molar-refractivity contribution is 0.560. The number of benzene rings is 4. The Morgan fingerprint density at radius 2 is 1.03 bits per heavy atom. The van der Waals surface area contributed by atoms with Crippen LogP contribution >= 0.6 is 0 Å². The Kier molecular flexibility index (Phi) is 4.69. The highest BCUT2D eigenvalue weighted by Crippen LogP contribution is 2.55. The third-order valence-corrected chi connectivity index (χ3v) is 10.3. The Labute approximate surface area is 221 Å². The van der Waals surface area contributed by atoms with Crippen molar-refractivity contribution in [3.8, 4) is 22.3 Å². The molecule has 0 saturated heterocycles. The molecular formula is C36H37N. The molecule has 4 aromatic carbocycles. The highest BCUT2D eigenvalue weighted by Gasteiger charge is 2.40. The Bertz CT molecular complexity index is 1610. The molecule has 0 saturated carbocycles. The summed E-state index contributed by atoms with van der Waals surface area (Å²) < 4.78 is 2.64. The topological polar surface area (TPSA) is 4.93 Å². The first-order valence-electron chi connectivity index (χ1n) is 14.2. The largest absolute Gasteiger partial charge is 0.338 e. The van der Waals surface area contributed by atoms with Crippen LogP contribution in [0.2, 0.25) is 0 Å². The fourth-order valence-corrected chi connectivity index (χ4v) is 7.60. The first-order valence-corrected chi connectivity index (χ1v) is 14.2. The van der Waals surface area contributed by atoms with Gasteiger partial charge in [0.25, 0.3) is 0 Å². The molecule has 186 valence electrons. The normalized spacial score (nSPS) is 22.2. The van der Waals surface area contributed by atoms with Gasteiger partial charge in [0, 0.05) is 38.7 Å². The summed E-state index contributed by atoms with van der Waals surface area (Å²) in [6.07, 6.45) is 3.32. The number of rotatable bonds is 4. The van der Waals surface area contributed by atoms with E-state index in [2.05, 4.69) is 119 Å². The van der Waals surface area contributed by atoms with Crippen molar-refractivity contribution in [1.82, 2.24) is 4.57 Å². The highest BCUT2D eigenvalue weighted by molar-refractivity contribution is 6.12. The first-order chi connectivity index (χ1) is 17.9. The van der Waals surface area contributed by atoms with E-state index in [4.69, 9.17) is 0 Å². The number of hydrogen-bond donors (Lipinski definition) is 0. The lowest BCUT2D eigenvalue weighted by Crippen LogP contribution is -2.19. The molecule has 2 aliphatic rings. The Balaban J connectivity index is 1.62. The van der Waals surface area contributed by atoms with Crippen LogP contribution in [0, 0.1) is 0 Å². The Morgan fingerprint density at radius 1 is 0.595 bits per heavy atom. The van der Waals surface area contributed by atoms with Gasteiger partial charge < -0.3 is 4.57 Å². The molecule has 3 unspecified atom stereocenters. The van der Waals surface area contributed by atoms with E-state index >= 15 is 0 Å². The minimum atomic E-state index is 0.0514. The molecule has 7 rings (SSSR count). The van der Waals surface area contributed by atoms with E-state index in [1.54, 1.807) is 0 Å². The molecule has 3 atom stereocenters. The minimum Gasteiger partial charge on any atom is -0.338 e. The van der Waals surface area contributed by atoms with Crippen LogP contribution < -0.4 is 0 Å². The van der Waals surface area contributed by atoms with Crippen molar-refractivity contribution in [3.63, 3.8) is 0 Å². The summed E-state index contributed by atoms with van der Waals surface area (Å²) in [7, 11) is 0. The minimum absolute atomic E-state index is 0.0514. The maximum atomic E-state index is 2.64. The van der Waals surface area contributed by atoms with Crippen molar-refractivity contribution in [2.75, 3.05) is 0 Å². The molecule has 2 aliphatic carbocycles. The van der Waals surface area contributed by atoms with Crippen molar-refractivity contribution in [2.45, 2.75) is 77.7 Å². The van der Waals surface area contributed by atoms with Gasteiger partial charge in [-0.3, -0.25) is 0 Å². The van der Waals surface area contributed by atoms with Crippen molar-refractivity contribution in [2.24, 2.45) is 0 Å².